The number of rotatable bonds is 3. The maximum atomic E-state index is 10.7. The van der Waals surface area contributed by atoms with Gasteiger partial charge in [-0.15, -0.1) is 0 Å². The van der Waals surface area contributed by atoms with Gasteiger partial charge in [-0.25, -0.2) is 0 Å². The molecule has 90 valence electrons. The van der Waals surface area contributed by atoms with E-state index >= 15 is 0 Å². The van der Waals surface area contributed by atoms with Gasteiger partial charge in [0.2, 0.25) is 0 Å². The van der Waals surface area contributed by atoms with Gasteiger partial charge in [-0.3, -0.25) is 19.2 Å². The number of hydrogen-bond acceptors (Lipinski definition) is 5. The molecule has 0 aliphatic rings. The van der Waals surface area contributed by atoms with Crippen LogP contribution >= 0.6 is 12.2 Å². The number of nitro benzene ring substituents is 1. The molecule has 17 heavy (non-hydrogen) atoms. The first-order chi connectivity index (χ1) is 8.10. The number of hydrogen-bond donors (Lipinski definition) is 2. The van der Waals surface area contributed by atoms with Crippen LogP contribution in [0.5, 0.6) is 0 Å². The van der Waals surface area contributed by atoms with E-state index in [-0.39, 0.29) is 17.2 Å². The first-order valence-electron chi connectivity index (χ1n) is 4.69. The number of non-ortho nitro benzene ring substituents is 1. The average molecular weight is 255 g/mol. The van der Waals surface area contributed by atoms with Gasteiger partial charge in [-0.2, -0.15) is 0 Å². The number of imidazole rings is 1. The van der Waals surface area contributed by atoms with Crippen LogP contribution < -0.4 is 0 Å². The summed E-state index contributed by atoms with van der Waals surface area (Å²) in [5, 5.41) is 29.0. The predicted octanol–water partition coefficient (Wildman–Crippen LogP) is 0.980. The summed E-state index contributed by atoms with van der Waals surface area (Å²) >= 11 is 5.04. The highest BCUT2D eigenvalue weighted by Crippen LogP contribution is 2.23. The molecule has 7 nitrogen and oxygen atoms in total. The normalized spacial score (nSPS) is 10.9. The molecular weight excluding hydrogens is 246 g/mol. The van der Waals surface area contributed by atoms with E-state index in [1.807, 2.05) is 0 Å². The molecule has 0 aliphatic carbocycles. The molecule has 1 heterocycles. The van der Waals surface area contributed by atoms with Gasteiger partial charge in [0.05, 0.1) is 16.0 Å². The third-order valence-corrected chi connectivity index (χ3v) is 2.94. The number of aliphatic hydroxyl groups is 2. The van der Waals surface area contributed by atoms with Crippen LogP contribution in [0.3, 0.4) is 0 Å². The highest BCUT2D eigenvalue weighted by atomic mass is 32.1. The van der Waals surface area contributed by atoms with Gasteiger partial charge in [-0.1, -0.05) is 0 Å². The zero-order valence-corrected chi connectivity index (χ0v) is 9.42. The van der Waals surface area contributed by atoms with Crippen molar-refractivity contribution < 1.29 is 15.1 Å². The summed E-state index contributed by atoms with van der Waals surface area (Å²) in [7, 11) is 0. The number of nitro groups is 1. The van der Waals surface area contributed by atoms with Crippen LogP contribution in [0.1, 0.15) is 0 Å². The van der Waals surface area contributed by atoms with Gasteiger partial charge in [0.25, 0.3) is 5.69 Å². The molecule has 0 saturated carbocycles. The molecule has 0 aliphatic heterocycles. The first kappa shape index (κ1) is 11.7. The van der Waals surface area contributed by atoms with Crippen molar-refractivity contribution in [2.24, 2.45) is 0 Å². The fourth-order valence-electron chi connectivity index (χ4n) is 1.69. The fourth-order valence-corrected chi connectivity index (χ4v) is 2.01. The molecular formula is C9H9N3O4S. The molecule has 0 saturated heterocycles. The highest BCUT2D eigenvalue weighted by molar-refractivity contribution is 7.71. The van der Waals surface area contributed by atoms with Gasteiger partial charge < -0.3 is 10.2 Å². The number of fused-ring (bicyclic) bond motifs is 1. The zero-order valence-electron chi connectivity index (χ0n) is 8.61. The van der Waals surface area contributed by atoms with Gasteiger partial charge >= 0.3 is 0 Å². The Bertz CT molecular complexity index is 645. The Morgan fingerprint density at radius 3 is 2.35 bits per heavy atom. The van der Waals surface area contributed by atoms with Crippen molar-refractivity contribution in [3.05, 3.63) is 33.1 Å². The van der Waals surface area contributed by atoms with Crippen molar-refractivity contribution in [2.75, 3.05) is 0 Å². The maximum Gasteiger partial charge on any atom is 0.271 e. The number of nitrogens with zero attached hydrogens (tertiary/aromatic N) is 3. The van der Waals surface area contributed by atoms with Crippen molar-refractivity contribution in [1.29, 1.82) is 0 Å². The van der Waals surface area contributed by atoms with E-state index in [0.29, 0.717) is 11.0 Å². The second kappa shape index (κ2) is 4.24. The molecule has 2 aromatic rings. The molecule has 2 rings (SSSR count). The lowest BCUT2D eigenvalue weighted by Gasteiger charge is -1.97. The third-order valence-electron chi connectivity index (χ3n) is 2.50. The van der Waals surface area contributed by atoms with Gasteiger partial charge in [0, 0.05) is 12.1 Å². The Balaban J connectivity index is 2.85. The second-order valence-electron chi connectivity index (χ2n) is 3.35. The highest BCUT2D eigenvalue weighted by Gasteiger charge is 2.13. The molecule has 0 radical (unpaired) electrons. The molecule has 2 N–H and O–H groups in total. The van der Waals surface area contributed by atoms with E-state index in [0.717, 1.165) is 0 Å². The van der Waals surface area contributed by atoms with Gasteiger partial charge in [0.1, 0.15) is 13.5 Å². The zero-order chi connectivity index (χ0) is 12.6. The molecule has 0 unspecified atom stereocenters. The van der Waals surface area contributed by atoms with Gasteiger partial charge in [-0.05, 0) is 18.3 Å². The lowest BCUT2D eigenvalue weighted by Crippen LogP contribution is -2.00. The minimum absolute atomic E-state index is 0.0928. The molecule has 1 aromatic carbocycles. The molecule has 8 heteroatoms. The van der Waals surface area contributed by atoms with E-state index in [2.05, 4.69) is 0 Å². The fraction of sp³-hybridized carbons (Fsp3) is 0.222. The second-order valence-corrected chi connectivity index (χ2v) is 3.72. The summed E-state index contributed by atoms with van der Waals surface area (Å²) < 4.78 is 2.91. The number of aliphatic hydroxyl groups excluding tert-OH is 2. The topological polar surface area (TPSA) is 93.5 Å². The molecule has 0 atom stereocenters. The minimum atomic E-state index is -0.527. The quantitative estimate of drug-likeness (QED) is 0.484. The summed E-state index contributed by atoms with van der Waals surface area (Å²) in [6.45, 7) is -0.746. The summed E-state index contributed by atoms with van der Waals surface area (Å²) in [5.74, 6) is 0. The predicted molar refractivity (Wildman–Crippen MR) is 61.9 cm³/mol. The van der Waals surface area contributed by atoms with Crippen molar-refractivity contribution >= 4 is 28.9 Å². The van der Waals surface area contributed by atoms with Crippen LogP contribution in [0.25, 0.3) is 11.0 Å². The van der Waals surface area contributed by atoms with Gasteiger partial charge in [0.15, 0.2) is 4.77 Å². The molecule has 1 aromatic heterocycles. The first-order valence-corrected chi connectivity index (χ1v) is 5.10. The Morgan fingerprint density at radius 1 is 1.24 bits per heavy atom. The molecule has 0 spiro atoms. The molecule has 0 amide bonds. The van der Waals surface area contributed by atoms with Crippen molar-refractivity contribution in [3.8, 4) is 0 Å². The Kier molecular flexibility index (Phi) is 2.92. The Hall–Kier alpha value is -1.77. The minimum Gasteiger partial charge on any atom is -0.376 e. The molecule has 0 fully saturated rings. The third kappa shape index (κ3) is 1.71. The van der Waals surface area contributed by atoms with E-state index < -0.39 is 11.7 Å². The summed E-state index contributed by atoms with van der Waals surface area (Å²) in [6, 6.07) is 4.13. The Labute approximate surface area is 100 Å². The van der Waals surface area contributed by atoms with E-state index in [9.17, 15) is 20.3 Å². The number of benzene rings is 1. The average Bonchev–Trinajstić information content (AvgIpc) is 2.58. The van der Waals surface area contributed by atoms with E-state index in [4.69, 9.17) is 12.2 Å². The monoisotopic (exact) mass is 255 g/mol. The van der Waals surface area contributed by atoms with Crippen LogP contribution in [0.15, 0.2) is 18.2 Å². The summed E-state index contributed by atoms with van der Waals surface area (Å²) in [6.07, 6.45) is 0. The van der Waals surface area contributed by atoms with E-state index in [1.54, 1.807) is 0 Å². The van der Waals surface area contributed by atoms with Crippen LogP contribution in [0.2, 0.25) is 0 Å². The standard InChI is InChI=1S/C9H9N3O4S/c13-4-10-7-2-1-6(12(15)16)3-8(7)11(5-14)9(10)17/h1-3,13-14H,4-5H2. The number of aromatic nitrogens is 2. The van der Waals surface area contributed by atoms with Crippen molar-refractivity contribution in [3.63, 3.8) is 0 Å². The van der Waals surface area contributed by atoms with Crippen LogP contribution in [-0.2, 0) is 13.5 Å². The summed E-state index contributed by atoms with van der Waals surface area (Å²) in [5.41, 5.74) is 0.864. The van der Waals surface area contributed by atoms with Crippen LogP contribution in [-0.4, -0.2) is 24.3 Å². The van der Waals surface area contributed by atoms with Crippen molar-refractivity contribution in [2.45, 2.75) is 13.5 Å². The Morgan fingerprint density at radius 2 is 1.82 bits per heavy atom. The smallest absolute Gasteiger partial charge is 0.271 e. The van der Waals surface area contributed by atoms with Crippen LogP contribution in [0.4, 0.5) is 5.69 Å². The largest absolute Gasteiger partial charge is 0.376 e. The van der Waals surface area contributed by atoms with E-state index in [1.165, 1.54) is 27.3 Å². The maximum absolute atomic E-state index is 10.7. The van der Waals surface area contributed by atoms with Crippen LogP contribution in [0, 0.1) is 14.9 Å². The summed E-state index contributed by atoms with van der Waals surface area (Å²) in [4.78, 5) is 10.1. The SMILES string of the molecule is O=[N+]([O-])c1ccc2c(c1)n(CO)c(=S)n2CO. The lowest BCUT2D eigenvalue weighted by molar-refractivity contribution is -0.384. The molecule has 0 bridgehead atoms. The lowest BCUT2D eigenvalue weighted by atomic mass is 10.3. The van der Waals surface area contributed by atoms with Crippen molar-refractivity contribution in [1.82, 2.24) is 9.13 Å².